The maximum Gasteiger partial charge on any atom is 0.244 e. The second kappa shape index (κ2) is 7.60. The molecule has 1 aliphatic heterocycles. The summed E-state index contributed by atoms with van der Waals surface area (Å²) in [6, 6.07) is 7.19. The van der Waals surface area contributed by atoms with Crippen molar-refractivity contribution in [1.29, 1.82) is 0 Å². The highest BCUT2D eigenvalue weighted by atomic mass is 32.2. The number of nitrogens with one attached hydrogen (secondary N) is 1. The Morgan fingerprint density at radius 2 is 2.14 bits per heavy atom. The lowest BCUT2D eigenvalue weighted by Gasteiger charge is -2.16. The fourth-order valence-corrected chi connectivity index (χ4v) is 3.51. The molecule has 2 amide bonds. The number of benzene rings is 1. The van der Waals surface area contributed by atoms with Crippen molar-refractivity contribution in [3.8, 4) is 5.75 Å². The highest BCUT2D eigenvalue weighted by molar-refractivity contribution is 8.24. The standard InChI is InChI=1S/C15H18N2O3S2/c1-3-12-14(19)17(15(21)22-12)9-13(18)16-10-7-5-6-8-11(10)20-4-2/h5-8,12H,3-4,9H2,1-2H3,(H,16,18). The zero-order chi connectivity index (χ0) is 16.1. The van der Waals surface area contributed by atoms with E-state index in [4.69, 9.17) is 17.0 Å². The first kappa shape index (κ1) is 16.8. The molecule has 1 atom stereocenters. The van der Waals surface area contributed by atoms with Crippen LogP contribution in [-0.4, -0.2) is 39.4 Å². The number of amides is 2. The number of carbonyl (C=O) groups is 2. The van der Waals surface area contributed by atoms with E-state index in [0.29, 0.717) is 28.8 Å². The molecule has 1 aromatic carbocycles. The first-order chi connectivity index (χ1) is 10.6. The highest BCUT2D eigenvalue weighted by Crippen LogP contribution is 2.29. The SMILES string of the molecule is CCOc1ccccc1NC(=O)CN1C(=O)C(CC)SC1=S. The van der Waals surface area contributed by atoms with Crippen molar-refractivity contribution in [2.24, 2.45) is 0 Å². The molecule has 0 spiro atoms. The molecule has 118 valence electrons. The Morgan fingerprint density at radius 3 is 2.77 bits per heavy atom. The van der Waals surface area contributed by atoms with E-state index in [-0.39, 0.29) is 23.6 Å². The fourth-order valence-electron chi connectivity index (χ4n) is 2.08. The Morgan fingerprint density at radius 1 is 1.41 bits per heavy atom. The molecule has 0 bridgehead atoms. The van der Waals surface area contributed by atoms with Crippen LogP contribution in [0.2, 0.25) is 0 Å². The van der Waals surface area contributed by atoms with Gasteiger partial charge in [0.2, 0.25) is 11.8 Å². The molecule has 1 unspecified atom stereocenters. The van der Waals surface area contributed by atoms with Crippen LogP contribution in [0, 0.1) is 0 Å². The number of ether oxygens (including phenoxy) is 1. The molecule has 1 aromatic rings. The molecule has 7 heteroatoms. The molecule has 0 saturated carbocycles. The Kier molecular flexibility index (Phi) is 5.79. The van der Waals surface area contributed by atoms with E-state index in [9.17, 15) is 9.59 Å². The quantitative estimate of drug-likeness (QED) is 0.808. The summed E-state index contributed by atoms with van der Waals surface area (Å²) < 4.78 is 5.92. The summed E-state index contributed by atoms with van der Waals surface area (Å²) in [7, 11) is 0. The van der Waals surface area contributed by atoms with Gasteiger partial charge in [-0.1, -0.05) is 43.0 Å². The first-order valence-electron chi connectivity index (χ1n) is 7.10. The summed E-state index contributed by atoms with van der Waals surface area (Å²) in [4.78, 5) is 25.7. The predicted octanol–water partition coefficient (Wildman–Crippen LogP) is 2.66. The molecule has 5 nitrogen and oxygen atoms in total. The van der Waals surface area contributed by atoms with Gasteiger partial charge in [0.25, 0.3) is 0 Å². The van der Waals surface area contributed by atoms with E-state index in [0.717, 1.165) is 0 Å². The number of carbonyl (C=O) groups excluding carboxylic acids is 2. The number of thioether (sulfide) groups is 1. The average molecular weight is 338 g/mol. The lowest BCUT2D eigenvalue weighted by atomic mass is 10.2. The van der Waals surface area contributed by atoms with Gasteiger partial charge in [-0.05, 0) is 25.5 Å². The van der Waals surface area contributed by atoms with Crippen molar-refractivity contribution < 1.29 is 14.3 Å². The molecule has 22 heavy (non-hydrogen) atoms. The van der Waals surface area contributed by atoms with Gasteiger partial charge in [-0.15, -0.1) is 0 Å². The predicted molar refractivity (Wildman–Crippen MR) is 92.2 cm³/mol. The Hall–Kier alpha value is -1.60. The molecule has 1 N–H and O–H groups in total. The summed E-state index contributed by atoms with van der Waals surface area (Å²) in [5, 5.41) is 2.60. The Labute approximate surface area is 139 Å². The number of anilines is 1. The van der Waals surface area contributed by atoms with E-state index in [2.05, 4.69) is 5.32 Å². The lowest BCUT2D eigenvalue weighted by molar-refractivity contribution is -0.129. The third-order valence-electron chi connectivity index (χ3n) is 3.14. The average Bonchev–Trinajstić information content (AvgIpc) is 2.77. The van der Waals surface area contributed by atoms with Crippen molar-refractivity contribution >= 4 is 45.8 Å². The number of nitrogens with zero attached hydrogens (tertiary/aromatic N) is 1. The number of rotatable bonds is 6. The van der Waals surface area contributed by atoms with Crippen LogP contribution in [0.3, 0.4) is 0 Å². The second-order valence-electron chi connectivity index (χ2n) is 4.68. The summed E-state index contributed by atoms with van der Waals surface area (Å²) in [5.41, 5.74) is 0.589. The van der Waals surface area contributed by atoms with Gasteiger partial charge < -0.3 is 10.1 Å². The molecule has 1 aliphatic rings. The zero-order valence-electron chi connectivity index (χ0n) is 12.5. The summed E-state index contributed by atoms with van der Waals surface area (Å²) in [5.74, 6) is 0.223. The molecule has 1 heterocycles. The Balaban J connectivity index is 2.02. The van der Waals surface area contributed by atoms with Crippen LogP contribution in [0.25, 0.3) is 0 Å². The number of hydrogen-bond acceptors (Lipinski definition) is 5. The van der Waals surface area contributed by atoms with Crippen molar-refractivity contribution in [2.75, 3.05) is 18.5 Å². The lowest BCUT2D eigenvalue weighted by Crippen LogP contribution is -2.38. The van der Waals surface area contributed by atoms with Crippen LogP contribution in [0.15, 0.2) is 24.3 Å². The topological polar surface area (TPSA) is 58.6 Å². The van der Waals surface area contributed by atoms with Gasteiger partial charge in [-0.25, -0.2) is 0 Å². The van der Waals surface area contributed by atoms with Crippen LogP contribution in [0.5, 0.6) is 5.75 Å². The van der Waals surface area contributed by atoms with Crippen LogP contribution in [-0.2, 0) is 9.59 Å². The van der Waals surface area contributed by atoms with Gasteiger partial charge in [-0.3, -0.25) is 14.5 Å². The van der Waals surface area contributed by atoms with Crippen LogP contribution < -0.4 is 10.1 Å². The van der Waals surface area contributed by atoms with Gasteiger partial charge in [0.1, 0.15) is 16.6 Å². The van der Waals surface area contributed by atoms with Crippen molar-refractivity contribution in [1.82, 2.24) is 4.90 Å². The van der Waals surface area contributed by atoms with Crippen LogP contribution in [0.4, 0.5) is 5.69 Å². The Bertz CT molecular complexity index is 592. The summed E-state index contributed by atoms with van der Waals surface area (Å²) >= 11 is 6.52. The molecule has 0 aliphatic carbocycles. The van der Waals surface area contributed by atoms with Crippen molar-refractivity contribution in [3.05, 3.63) is 24.3 Å². The normalized spacial score (nSPS) is 17.7. The van der Waals surface area contributed by atoms with Crippen LogP contribution in [0.1, 0.15) is 20.3 Å². The van der Waals surface area contributed by atoms with Crippen molar-refractivity contribution in [3.63, 3.8) is 0 Å². The first-order valence-corrected chi connectivity index (χ1v) is 8.39. The third-order valence-corrected chi connectivity index (χ3v) is 4.89. The molecule has 0 radical (unpaired) electrons. The highest BCUT2D eigenvalue weighted by Gasteiger charge is 2.36. The summed E-state index contributed by atoms with van der Waals surface area (Å²) in [6.45, 7) is 4.25. The fraction of sp³-hybridized carbons (Fsp3) is 0.400. The smallest absolute Gasteiger partial charge is 0.244 e. The van der Waals surface area contributed by atoms with E-state index in [1.165, 1.54) is 16.7 Å². The van der Waals surface area contributed by atoms with E-state index < -0.39 is 0 Å². The molecular formula is C15H18N2O3S2. The van der Waals surface area contributed by atoms with Gasteiger partial charge in [-0.2, -0.15) is 0 Å². The van der Waals surface area contributed by atoms with Gasteiger partial charge in [0.15, 0.2) is 0 Å². The molecule has 2 rings (SSSR count). The van der Waals surface area contributed by atoms with Crippen LogP contribution >= 0.6 is 24.0 Å². The molecular weight excluding hydrogens is 320 g/mol. The van der Waals surface area contributed by atoms with E-state index in [1.807, 2.05) is 26.0 Å². The van der Waals surface area contributed by atoms with Crippen molar-refractivity contribution in [2.45, 2.75) is 25.5 Å². The summed E-state index contributed by atoms with van der Waals surface area (Å²) in [6.07, 6.45) is 0.703. The minimum Gasteiger partial charge on any atom is -0.492 e. The maximum atomic E-state index is 12.2. The largest absolute Gasteiger partial charge is 0.492 e. The molecule has 0 aromatic heterocycles. The molecule has 1 saturated heterocycles. The third kappa shape index (κ3) is 3.78. The van der Waals surface area contributed by atoms with Gasteiger partial charge >= 0.3 is 0 Å². The minimum atomic E-state index is -0.291. The van der Waals surface area contributed by atoms with E-state index >= 15 is 0 Å². The zero-order valence-corrected chi connectivity index (χ0v) is 14.1. The van der Waals surface area contributed by atoms with Gasteiger partial charge in [0.05, 0.1) is 17.5 Å². The maximum absolute atomic E-state index is 12.2. The van der Waals surface area contributed by atoms with E-state index in [1.54, 1.807) is 12.1 Å². The van der Waals surface area contributed by atoms with Gasteiger partial charge in [0, 0.05) is 0 Å². The number of para-hydroxylation sites is 2. The number of thiocarbonyl (C=S) groups is 1. The number of hydrogen-bond donors (Lipinski definition) is 1. The monoisotopic (exact) mass is 338 g/mol. The molecule has 1 fully saturated rings. The minimum absolute atomic E-state index is 0.0678. The second-order valence-corrected chi connectivity index (χ2v) is 6.52.